The van der Waals surface area contributed by atoms with E-state index in [1.807, 2.05) is 0 Å². The predicted molar refractivity (Wildman–Crippen MR) is 60.1 cm³/mol. The quantitative estimate of drug-likeness (QED) is 0.825. The molecule has 2 rings (SSSR count). The van der Waals surface area contributed by atoms with Gasteiger partial charge in [0.2, 0.25) is 0 Å². The Bertz CT molecular complexity index is 557. The summed E-state index contributed by atoms with van der Waals surface area (Å²) in [5.41, 5.74) is 5.32. The molecular weight excluding hydrogens is 235 g/mol. The lowest BCUT2D eigenvalue weighted by Gasteiger charge is -2.02. The molecule has 0 aliphatic carbocycles. The van der Waals surface area contributed by atoms with Crippen LogP contribution in [0.5, 0.6) is 0 Å². The van der Waals surface area contributed by atoms with E-state index in [1.165, 1.54) is 12.1 Å². The monoisotopic (exact) mass is 244 g/mol. The summed E-state index contributed by atoms with van der Waals surface area (Å²) in [5, 5.41) is 7.69. The minimum absolute atomic E-state index is 0. The van der Waals surface area contributed by atoms with Gasteiger partial charge in [-0.1, -0.05) is 5.21 Å². The van der Waals surface area contributed by atoms with Gasteiger partial charge in [-0.25, -0.2) is 9.07 Å². The Labute approximate surface area is 96.5 Å². The normalized spacial score (nSPS) is 10.1. The van der Waals surface area contributed by atoms with E-state index < -0.39 is 5.82 Å². The molecule has 0 saturated carbocycles. The summed E-state index contributed by atoms with van der Waals surface area (Å²) >= 11 is 0. The van der Waals surface area contributed by atoms with Gasteiger partial charge >= 0.3 is 0 Å². The number of nitrogens with zero attached hydrogens (tertiary/aromatic N) is 3. The van der Waals surface area contributed by atoms with Crippen molar-refractivity contribution in [1.82, 2.24) is 15.0 Å². The van der Waals surface area contributed by atoms with E-state index in [4.69, 9.17) is 5.73 Å². The molecule has 0 unspecified atom stereocenters. The maximum atomic E-state index is 12.9. The van der Waals surface area contributed by atoms with Crippen molar-refractivity contribution in [3.63, 3.8) is 0 Å². The highest BCUT2D eigenvalue weighted by molar-refractivity contribution is 5.85. The van der Waals surface area contributed by atoms with Crippen molar-refractivity contribution >= 4 is 23.3 Å². The van der Waals surface area contributed by atoms with Crippen molar-refractivity contribution in [2.75, 3.05) is 6.54 Å². The van der Waals surface area contributed by atoms with Gasteiger partial charge in [0.25, 0.3) is 5.56 Å². The van der Waals surface area contributed by atoms with Gasteiger partial charge in [0.15, 0.2) is 0 Å². The molecule has 5 nitrogen and oxygen atoms in total. The molecule has 0 aliphatic heterocycles. The Hall–Kier alpha value is -1.53. The van der Waals surface area contributed by atoms with Crippen molar-refractivity contribution in [1.29, 1.82) is 0 Å². The van der Waals surface area contributed by atoms with Crippen molar-refractivity contribution in [3.8, 4) is 0 Å². The molecule has 2 aromatic rings. The maximum absolute atomic E-state index is 12.9. The lowest BCUT2D eigenvalue weighted by Crippen LogP contribution is -2.27. The van der Waals surface area contributed by atoms with Crippen LogP contribution in [0.1, 0.15) is 0 Å². The SMILES string of the molecule is Cl.NCCn1nnc2ccc(F)cc2c1=O. The van der Waals surface area contributed by atoms with E-state index in [0.29, 0.717) is 5.52 Å². The average molecular weight is 245 g/mol. The van der Waals surface area contributed by atoms with Gasteiger partial charge < -0.3 is 5.73 Å². The minimum atomic E-state index is -0.466. The van der Waals surface area contributed by atoms with Crippen LogP contribution in [0, 0.1) is 5.82 Å². The van der Waals surface area contributed by atoms with E-state index in [1.54, 1.807) is 0 Å². The fourth-order valence-electron chi connectivity index (χ4n) is 1.32. The molecule has 7 heteroatoms. The summed E-state index contributed by atoms with van der Waals surface area (Å²) in [5.74, 6) is -0.466. The zero-order chi connectivity index (χ0) is 10.8. The Kier molecular flexibility index (Phi) is 3.92. The van der Waals surface area contributed by atoms with Crippen molar-refractivity contribution in [2.24, 2.45) is 5.73 Å². The third kappa shape index (κ3) is 2.17. The van der Waals surface area contributed by atoms with Crippen LogP contribution in [0.3, 0.4) is 0 Å². The molecule has 0 fully saturated rings. The van der Waals surface area contributed by atoms with Crippen LogP contribution in [0.25, 0.3) is 10.9 Å². The van der Waals surface area contributed by atoms with Crippen LogP contribution in [-0.4, -0.2) is 21.5 Å². The average Bonchev–Trinajstić information content (AvgIpc) is 2.23. The fraction of sp³-hybridized carbons (Fsp3) is 0.222. The second-order valence-corrected chi connectivity index (χ2v) is 3.07. The first-order valence-electron chi connectivity index (χ1n) is 4.45. The first-order valence-corrected chi connectivity index (χ1v) is 4.45. The van der Waals surface area contributed by atoms with Gasteiger partial charge in [0, 0.05) is 6.54 Å². The molecule has 0 spiro atoms. The van der Waals surface area contributed by atoms with Crippen LogP contribution in [0.2, 0.25) is 0 Å². The summed E-state index contributed by atoms with van der Waals surface area (Å²) in [6, 6.07) is 3.81. The zero-order valence-corrected chi connectivity index (χ0v) is 9.08. The van der Waals surface area contributed by atoms with E-state index in [0.717, 1.165) is 10.7 Å². The second-order valence-electron chi connectivity index (χ2n) is 3.07. The summed E-state index contributed by atoms with van der Waals surface area (Å²) < 4.78 is 14.0. The third-order valence-corrected chi connectivity index (χ3v) is 2.02. The highest BCUT2D eigenvalue weighted by Crippen LogP contribution is 2.07. The number of hydrogen-bond donors (Lipinski definition) is 1. The second kappa shape index (κ2) is 5.00. The van der Waals surface area contributed by atoms with Gasteiger partial charge in [-0.2, -0.15) is 0 Å². The molecule has 1 heterocycles. The molecule has 16 heavy (non-hydrogen) atoms. The number of hydrogen-bond acceptors (Lipinski definition) is 4. The summed E-state index contributed by atoms with van der Waals surface area (Å²) in [6.07, 6.45) is 0. The van der Waals surface area contributed by atoms with Gasteiger partial charge in [-0.3, -0.25) is 4.79 Å². The highest BCUT2D eigenvalue weighted by Gasteiger charge is 2.05. The molecule has 0 aliphatic rings. The first-order chi connectivity index (χ1) is 7.22. The molecule has 2 N–H and O–H groups in total. The number of benzene rings is 1. The first kappa shape index (κ1) is 12.5. The summed E-state index contributed by atoms with van der Waals surface area (Å²) in [6.45, 7) is 0.563. The lowest BCUT2D eigenvalue weighted by atomic mass is 10.2. The Balaban J connectivity index is 0.00000128. The van der Waals surface area contributed by atoms with Crippen molar-refractivity contribution in [2.45, 2.75) is 6.54 Å². The molecule has 0 bridgehead atoms. The van der Waals surface area contributed by atoms with Crippen molar-refractivity contribution < 1.29 is 4.39 Å². The van der Waals surface area contributed by atoms with Crippen LogP contribution < -0.4 is 11.3 Å². The molecule has 1 aromatic carbocycles. The van der Waals surface area contributed by atoms with Crippen molar-refractivity contribution in [3.05, 3.63) is 34.4 Å². The van der Waals surface area contributed by atoms with Gasteiger partial charge in [-0.05, 0) is 18.2 Å². The minimum Gasteiger partial charge on any atom is -0.329 e. The predicted octanol–water partition coefficient (Wildman–Crippen LogP) is 0.311. The standard InChI is InChI=1S/C9H9FN4O.ClH/c10-6-1-2-8-7(5-6)9(15)14(4-3-11)13-12-8;/h1-2,5H,3-4,11H2;1H. The lowest BCUT2D eigenvalue weighted by molar-refractivity contribution is 0.557. The Morgan fingerprint density at radius 1 is 1.44 bits per heavy atom. The topological polar surface area (TPSA) is 73.8 Å². The summed E-state index contributed by atoms with van der Waals surface area (Å²) in [4.78, 5) is 11.7. The largest absolute Gasteiger partial charge is 0.329 e. The molecular formula is C9H10ClFN4O. The Morgan fingerprint density at radius 2 is 2.19 bits per heavy atom. The number of fused-ring (bicyclic) bond motifs is 1. The summed E-state index contributed by atoms with van der Waals surface area (Å²) in [7, 11) is 0. The molecule has 1 aromatic heterocycles. The third-order valence-electron chi connectivity index (χ3n) is 2.02. The molecule has 86 valence electrons. The highest BCUT2D eigenvalue weighted by atomic mass is 35.5. The van der Waals surface area contributed by atoms with E-state index >= 15 is 0 Å². The molecule has 0 atom stereocenters. The number of aromatic nitrogens is 3. The number of rotatable bonds is 2. The smallest absolute Gasteiger partial charge is 0.277 e. The van der Waals surface area contributed by atoms with Gasteiger partial charge in [0.05, 0.1) is 11.9 Å². The van der Waals surface area contributed by atoms with Crippen LogP contribution in [0.4, 0.5) is 4.39 Å². The van der Waals surface area contributed by atoms with E-state index in [9.17, 15) is 9.18 Å². The van der Waals surface area contributed by atoms with E-state index in [2.05, 4.69) is 10.3 Å². The van der Waals surface area contributed by atoms with Crippen LogP contribution in [0.15, 0.2) is 23.0 Å². The fourth-order valence-corrected chi connectivity index (χ4v) is 1.32. The van der Waals surface area contributed by atoms with Crippen LogP contribution in [-0.2, 0) is 6.54 Å². The molecule has 0 radical (unpaired) electrons. The maximum Gasteiger partial charge on any atom is 0.277 e. The van der Waals surface area contributed by atoms with Gasteiger partial charge in [-0.15, -0.1) is 17.5 Å². The zero-order valence-electron chi connectivity index (χ0n) is 8.26. The molecule has 0 saturated heterocycles. The molecule has 0 amide bonds. The number of nitrogens with two attached hydrogens (primary N) is 1. The van der Waals surface area contributed by atoms with E-state index in [-0.39, 0.29) is 36.4 Å². The Morgan fingerprint density at radius 3 is 2.88 bits per heavy atom. The van der Waals surface area contributed by atoms with Gasteiger partial charge in [0.1, 0.15) is 11.3 Å². The number of halogens is 2. The van der Waals surface area contributed by atoms with Crippen LogP contribution >= 0.6 is 12.4 Å².